The molecule has 2 aliphatic rings. The zero-order valence-electron chi connectivity index (χ0n) is 18.4. The van der Waals surface area contributed by atoms with Crippen molar-refractivity contribution in [1.29, 1.82) is 0 Å². The molecule has 0 bridgehead atoms. The van der Waals surface area contributed by atoms with Crippen LogP contribution in [0.2, 0.25) is 0 Å². The third-order valence-electron chi connectivity index (χ3n) is 6.86. The van der Waals surface area contributed by atoms with Crippen LogP contribution in [0.25, 0.3) is 11.6 Å². The van der Waals surface area contributed by atoms with Crippen molar-refractivity contribution in [3.63, 3.8) is 0 Å². The normalized spacial score (nSPS) is 20.9. The molecule has 0 amide bonds. The minimum Gasteiger partial charge on any atom is -0.399 e. The van der Waals surface area contributed by atoms with E-state index in [1.54, 1.807) is 12.1 Å². The second kappa shape index (κ2) is 9.43. The molecular weight excluding hydrogens is 442 g/mol. The number of hydrogen-bond donors (Lipinski definition) is 0. The van der Waals surface area contributed by atoms with Gasteiger partial charge in [-0.1, -0.05) is 38.0 Å². The average Bonchev–Trinajstić information content (AvgIpc) is 2.76. The van der Waals surface area contributed by atoms with Gasteiger partial charge >= 0.3 is 6.36 Å². The second-order valence-corrected chi connectivity index (χ2v) is 9.03. The van der Waals surface area contributed by atoms with Crippen molar-refractivity contribution >= 4 is 11.6 Å². The molecule has 1 nitrogen and oxygen atoms in total. The topological polar surface area (TPSA) is 9.23 Å². The molecular formula is C26H26F6O. The fourth-order valence-corrected chi connectivity index (χ4v) is 5.22. The lowest BCUT2D eigenvalue weighted by Crippen LogP contribution is -2.20. The molecule has 0 radical (unpaired) electrons. The van der Waals surface area contributed by atoms with Crippen LogP contribution in [0.3, 0.4) is 0 Å². The number of alkyl halides is 3. The zero-order chi connectivity index (χ0) is 23.8. The van der Waals surface area contributed by atoms with Crippen LogP contribution in [-0.4, -0.2) is 6.36 Å². The number of ether oxygens (including phenoxy) is 1. The Bertz CT molecular complexity index is 1050. The molecule has 0 saturated heterocycles. The number of benzene rings is 2. The Balaban J connectivity index is 1.56. The summed E-state index contributed by atoms with van der Waals surface area (Å²) in [5, 5.41) is 0. The predicted octanol–water partition coefficient (Wildman–Crippen LogP) is 8.56. The predicted molar refractivity (Wildman–Crippen MR) is 115 cm³/mol. The molecule has 33 heavy (non-hydrogen) atoms. The first-order valence-electron chi connectivity index (χ1n) is 11.4. The summed E-state index contributed by atoms with van der Waals surface area (Å²) in [6, 6.07) is 5.98. The van der Waals surface area contributed by atoms with Gasteiger partial charge in [0.1, 0.15) is 5.82 Å². The van der Waals surface area contributed by atoms with E-state index in [0.29, 0.717) is 17.1 Å². The van der Waals surface area contributed by atoms with E-state index in [2.05, 4.69) is 11.7 Å². The number of fused-ring (bicyclic) bond motifs is 1. The van der Waals surface area contributed by atoms with Crippen LogP contribution >= 0.6 is 0 Å². The fourth-order valence-electron chi connectivity index (χ4n) is 5.22. The van der Waals surface area contributed by atoms with E-state index in [1.807, 2.05) is 6.07 Å². The summed E-state index contributed by atoms with van der Waals surface area (Å²) in [4.78, 5) is 0. The Morgan fingerprint density at radius 1 is 0.939 bits per heavy atom. The van der Waals surface area contributed by atoms with Gasteiger partial charge in [0.15, 0.2) is 11.6 Å². The monoisotopic (exact) mass is 468 g/mol. The standard InChI is InChI=1S/C26H26F6O/c1-2-3-15-4-6-16(7-5-15)17-8-10-20(22(27)13-17)18-9-11-21-19(12-18)14-23(28)25(24(21)29)33-26(30,31)32/h8,10,12-16H,2-7,9,11H2,1H3. The summed E-state index contributed by atoms with van der Waals surface area (Å²) >= 11 is 0. The average molecular weight is 468 g/mol. The number of hydrogen-bond acceptors (Lipinski definition) is 1. The molecule has 2 aromatic rings. The first kappa shape index (κ1) is 23.7. The molecule has 1 saturated carbocycles. The molecule has 7 heteroatoms. The van der Waals surface area contributed by atoms with Crippen molar-refractivity contribution < 1.29 is 31.1 Å². The van der Waals surface area contributed by atoms with Crippen molar-refractivity contribution in [3.05, 3.63) is 64.0 Å². The molecule has 0 unspecified atom stereocenters. The van der Waals surface area contributed by atoms with Gasteiger partial charge in [0.05, 0.1) is 0 Å². The lowest BCUT2D eigenvalue weighted by molar-refractivity contribution is -0.276. The van der Waals surface area contributed by atoms with E-state index >= 15 is 4.39 Å². The van der Waals surface area contributed by atoms with Crippen LogP contribution in [-0.2, 0) is 6.42 Å². The van der Waals surface area contributed by atoms with Gasteiger partial charge in [-0.15, -0.1) is 13.2 Å². The van der Waals surface area contributed by atoms with Gasteiger partial charge in [0.25, 0.3) is 0 Å². The smallest absolute Gasteiger partial charge is 0.399 e. The highest BCUT2D eigenvalue weighted by Crippen LogP contribution is 2.41. The van der Waals surface area contributed by atoms with Crippen molar-refractivity contribution in [1.82, 2.24) is 0 Å². The van der Waals surface area contributed by atoms with E-state index in [4.69, 9.17) is 0 Å². The fraction of sp³-hybridized carbons (Fsp3) is 0.462. The molecule has 2 aliphatic carbocycles. The minimum absolute atomic E-state index is 0.0180. The molecule has 0 heterocycles. The number of allylic oxidation sites excluding steroid dienone is 1. The van der Waals surface area contributed by atoms with Crippen molar-refractivity contribution in [3.8, 4) is 5.75 Å². The molecule has 1 fully saturated rings. The Morgan fingerprint density at radius 3 is 2.30 bits per heavy atom. The first-order chi connectivity index (χ1) is 15.7. The number of halogens is 6. The zero-order valence-corrected chi connectivity index (χ0v) is 18.4. The van der Waals surface area contributed by atoms with Crippen LogP contribution in [0.15, 0.2) is 24.3 Å². The van der Waals surface area contributed by atoms with Crippen molar-refractivity contribution in [2.24, 2.45) is 5.92 Å². The summed E-state index contributed by atoms with van der Waals surface area (Å²) in [5.41, 5.74) is 1.90. The van der Waals surface area contributed by atoms with E-state index in [0.717, 1.165) is 43.2 Å². The quantitative estimate of drug-likeness (QED) is 0.400. The largest absolute Gasteiger partial charge is 0.573 e. The molecule has 4 rings (SSSR count). The van der Waals surface area contributed by atoms with Crippen LogP contribution < -0.4 is 4.74 Å². The van der Waals surface area contributed by atoms with Gasteiger partial charge in [-0.25, -0.2) is 13.2 Å². The van der Waals surface area contributed by atoms with Crippen LogP contribution in [0, 0.1) is 23.4 Å². The molecule has 178 valence electrons. The highest BCUT2D eigenvalue weighted by molar-refractivity contribution is 5.85. The Hall–Kier alpha value is -2.44. The number of rotatable bonds is 5. The van der Waals surface area contributed by atoms with E-state index in [-0.39, 0.29) is 24.0 Å². The van der Waals surface area contributed by atoms with Crippen LogP contribution in [0.1, 0.15) is 80.0 Å². The molecule has 0 atom stereocenters. The van der Waals surface area contributed by atoms with Crippen LogP contribution in [0.4, 0.5) is 26.3 Å². The highest BCUT2D eigenvalue weighted by Gasteiger charge is 2.35. The summed E-state index contributed by atoms with van der Waals surface area (Å²) in [5.74, 6) is -3.58. The lowest BCUT2D eigenvalue weighted by Gasteiger charge is -2.29. The third kappa shape index (κ3) is 5.22. The SMILES string of the molecule is CCCC1CCC(c2ccc(C3=Cc4cc(F)c(OC(F)(F)F)c(F)c4CC3)c(F)c2)CC1. The minimum atomic E-state index is -5.20. The Kier molecular flexibility index (Phi) is 6.78. The lowest BCUT2D eigenvalue weighted by atomic mass is 9.77. The van der Waals surface area contributed by atoms with Crippen molar-refractivity contribution in [2.45, 2.75) is 70.6 Å². The van der Waals surface area contributed by atoms with Crippen molar-refractivity contribution in [2.75, 3.05) is 0 Å². The van der Waals surface area contributed by atoms with Gasteiger partial charge in [-0.3, -0.25) is 0 Å². The molecule has 0 aliphatic heterocycles. The summed E-state index contributed by atoms with van der Waals surface area (Å²) < 4.78 is 84.6. The maximum Gasteiger partial charge on any atom is 0.573 e. The highest BCUT2D eigenvalue weighted by atomic mass is 19.4. The second-order valence-electron chi connectivity index (χ2n) is 9.03. The maximum absolute atomic E-state index is 15.0. The summed E-state index contributed by atoms with van der Waals surface area (Å²) in [6.45, 7) is 2.19. The summed E-state index contributed by atoms with van der Waals surface area (Å²) in [6.07, 6.45) is 3.29. The van der Waals surface area contributed by atoms with Gasteiger partial charge in [-0.2, -0.15) is 0 Å². The van der Waals surface area contributed by atoms with Gasteiger partial charge in [0, 0.05) is 5.56 Å². The van der Waals surface area contributed by atoms with Gasteiger partial charge < -0.3 is 4.74 Å². The first-order valence-corrected chi connectivity index (χ1v) is 11.4. The molecule has 0 aromatic heterocycles. The van der Waals surface area contributed by atoms with E-state index in [1.165, 1.54) is 18.9 Å². The van der Waals surface area contributed by atoms with E-state index in [9.17, 15) is 22.0 Å². The van der Waals surface area contributed by atoms with E-state index < -0.39 is 29.6 Å². The van der Waals surface area contributed by atoms with Crippen LogP contribution in [0.5, 0.6) is 5.75 Å². The molecule has 0 N–H and O–H groups in total. The van der Waals surface area contributed by atoms with Gasteiger partial charge in [0.2, 0.25) is 5.75 Å². The third-order valence-corrected chi connectivity index (χ3v) is 6.86. The molecule has 2 aromatic carbocycles. The summed E-state index contributed by atoms with van der Waals surface area (Å²) in [7, 11) is 0. The molecule has 0 spiro atoms. The Labute approximate surface area is 189 Å². The Morgan fingerprint density at radius 2 is 1.67 bits per heavy atom. The maximum atomic E-state index is 15.0. The van der Waals surface area contributed by atoms with Gasteiger partial charge in [-0.05, 0) is 84.8 Å².